The number of anilines is 1. The van der Waals surface area contributed by atoms with E-state index in [1.165, 1.54) is 12.7 Å². The Hall–Kier alpha value is -3.55. The maximum Gasteiger partial charge on any atom is 0.257 e. The van der Waals surface area contributed by atoms with Crippen molar-refractivity contribution < 1.29 is 23.9 Å². The van der Waals surface area contributed by atoms with Crippen molar-refractivity contribution in [2.45, 2.75) is 51.0 Å². The molecule has 0 saturated carbocycles. The second-order valence-electron chi connectivity index (χ2n) is 9.05. The molecule has 2 aliphatic rings. The molecular formula is C27H33N3O5. The lowest BCUT2D eigenvalue weighted by Gasteiger charge is -2.41. The van der Waals surface area contributed by atoms with Crippen LogP contribution in [0.3, 0.4) is 0 Å². The molecule has 3 amide bonds. The smallest absolute Gasteiger partial charge is 0.257 e. The monoisotopic (exact) mass is 479 g/mol. The van der Waals surface area contributed by atoms with Crippen molar-refractivity contribution in [3.8, 4) is 11.5 Å². The Bertz CT molecular complexity index is 1080. The standard InChI is InChI=1S/C27H33N3O5/c1-34-24-18-21(35-17-5-4-8-25(28)31)10-11-22(24)27(33)29-15-13-20(14-16-29)30-23-7-3-2-6-19(23)9-12-26(30)32/h2-3,6-7,10-11,18,20H,4-5,8-9,12-17H2,1H3,(H2,28,31). The molecule has 2 N–H and O–H groups in total. The number of benzene rings is 2. The minimum atomic E-state index is -0.314. The molecule has 2 aromatic carbocycles. The van der Waals surface area contributed by atoms with Crippen LogP contribution in [0.5, 0.6) is 11.5 Å². The lowest BCUT2D eigenvalue weighted by atomic mass is 9.95. The van der Waals surface area contributed by atoms with Gasteiger partial charge in [0.15, 0.2) is 0 Å². The minimum Gasteiger partial charge on any atom is -0.496 e. The van der Waals surface area contributed by atoms with Gasteiger partial charge in [-0.3, -0.25) is 14.4 Å². The number of methoxy groups -OCH3 is 1. The molecule has 2 heterocycles. The summed E-state index contributed by atoms with van der Waals surface area (Å²) in [7, 11) is 1.54. The van der Waals surface area contributed by atoms with Crippen molar-refractivity contribution in [2.75, 3.05) is 31.7 Å². The Morgan fingerprint density at radius 2 is 1.83 bits per heavy atom. The number of hydrogen-bond acceptors (Lipinski definition) is 5. The normalized spacial score (nSPS) is 16.1. The zero-order chi connectivity index (χ0) is 24.8. The van der Waals surface area contributed by atoms with E-state index in [0.717, 1.165) is 24.9 Å². The van der Waals surface area contributed by atoms with Crippen LogP contribution in [-0.4, -0.2) is 55.5 Å². The van der Waals surface area contributed by atoms with E-state index in [0.29, 0.717) is 62.4 Å². The van der Waals surface area contributed by atoms with Gasteiger partial charge in [-0.15, -0.1) is 0 Å². The number of nitrogens with zero attached hydrogens (tertiary/aromatic N) is 2. The Balaban J connectivity index is 1.36. The van der Waals surface area contributed by atoms with E-state index >= 15 is 0 Å². The SMILES string of the molecule is COc1cc(OCCCCC(N)=O)ccc1C(=O)N1CCC(N2C(=O)CCc3ccccc32)CC1. The zero-order valence-electron chi connectivity index (χ0n) is 20.2. The maximum atomic E-state index is 13.3. The number of fused-ring (bicyclic) bond motifs is 1. The van der Waals surface area contributed by atoms with Crippen LogP contribution >= 0.6 is 0 Å². The number of carbonyl (C=O) groups excluding carboxylic acids is 3. The average Bonchev–Trinajstić information content (AvgIpc) is 2.88. The molecule has 0 aromatic heterocycles. The first-order chi connectivity index (χ1) is 17.0. The minimum absolute atomic E-state index is 0.0846. The van der Waals surface area contributed by atoms with Gasteiger partial charge in [-0.1, -0.05) is 18.2 Å². The molecule has 4 rings (SSSR count). The number of aryl methyl sites for hydroxylation is 1. The molecule has 2 aliphatic heterocycles. The fourth-order valence-corrected chi connectivity index (χ4v) is 4.88. The van der Waals surface area contributed by atoms with Crippen molar-refractivity contribution in [1.82, 2.24) is 4.90 Å². The van der Waals surface area contributed by atoms with E-state index < -0.39 is 0 Å². The molecule has 0 spiro atoms. The van der Waals surface area contributed by atoms with E-state index in [-0.39, 0.29) is 23.8 Å². The van der Waals surface area contributed by atoms with Gasteiger partial charge < -0.3 is 25.0 Å². The summed E-state index contributed by atoms with van der Waals surface area (Å²) in [5.74, 6) is 0.843. The fourth-order valence-electron chi connectivity index (χ4n) is 4.88. The van der Waals surface area contributed by atoms with E-state index in [9.17, 15) is 14.4 Å². The second kappa shape index (κ2) is 11.3. The van der Waals surface area contributed by atoms with E-state index in [4.69, 9.17) is 15.2 Å². The largest absolute Gasteiger partial charge is 0.496 e. The summed E-state index contributed by atoms with van der Waals surface area (Å²) in [4.78, 5) is 40.6. The van der Waals surface area contributed by atoms with Crippen LogP contribution in [0.1, 0.15) is 54.4 Å². The molecule has 0 radical (unpaired) electrons. The summed E-state index contributed by atoms with van der Waals surface area (Å²) in [5.41, 5.74) is 7.87. The maximum absolute atomic E-state index is 13.3. The summed E-state index contributed by atoms with van der Waals surface area (Å²) < 4.78 is 11.2. The fraction of sp³-hybridized carbons (Fsp3) is 0.444. The predicted molar refractivity (Wildman–Crippen MR) is 133 cm³/mol. The number of nitrogens with two attached hydrogens (primary N) is 1. The van der Waals surface area contributed by atoms with Gasteiger partial charge in [-0.2, -0.15) is 0 Å². The predicted octanol–water partition coefficient (Wildman–Crippen LogP) is 3.31. The number of primary amides is 1. The first-order valence-electron chi connectivity index (χ1n) is 12.3. The van der Waals surface area contributed by atoms with Crippen LogP contribution in [0.15, 0.2) is 42.5 Å². The Kier molecular flexibility index (Phi) is 7.90. The Morgan fingerprint density at radius 1 is 1.06 bits per heavy atom. The molecule has 0 unspecified atom stereocenters. The van der Waals surface area contributed by atoms with Crippen molar-refractivity contribution in [1.29, 1.82) is 0 Å². The van der Waals surface area contributed by atoms with E-state index in [1.54, 1.807) is 18.2 Å². The highest BCUT2D eigenvalue weighted by molar-refractivity contribution is 5.98. The van der Waals surface area contributed by atoms with Crippen molar-refractivity contribution in [3.63, 3.8) is 0 Å². The molecule has 0 bridgehead atoms. The summed E-state index contributed by atoms with van der Waals surface area (Å²) in [6.07, 6.45) is 4.53. The third-order valence-electron chi connectivity index (χ3n) is 6.73. The number of ether oxygens (including phenoxy) is 2. The molecule has 8 heteroatoms. The number of amides is 3. The summed E-state index contributed by atoms with van der Waals surface area (Å²) in [6, 6.07) is 13.4. The highest BCUT2D eigenvalue weighted by Crippen LogP contribution is 2.33. The summed E-state index contributed by atoms with van der Waals surface area (Å²) in [5, 5.41) is 0. The van der Waals surface area contributed by atoms with Gasteiger partial charge in [0.2, 0.25) is 11.8 Å². The van der Waals surface area contributed by atoms with Gasteiger partial charge in [0.1, 0.15) is 11.5 Å². The van der Waals surface area contributed by atoms with Gasteiger partial charge >= 0.3 is 0 Å². The lowest BCUT2D eigenvalue weighted by Crippen LogP contribution is -2.50. The van der Waals surface area contributed by atoms with Crippen LogP contribution in [0.4, 0.5) is 5.69 Å². The van der Waals surface area contributed by atoms with Gasteiger partial charge in [-0.25, -0.2) is 0 Å². The third kappa shape index (κ3) is 5.75. The third-order valence-corrected chi connectivity index (χ3v) is 6.73. The second-order valence-corrected chi connectivity index (χ2v) is 9.05. The molecule has 8 nitrogen and oxygen atoms in total. The van der Waals surface area contributed by atoms with E-state index in [1.807, 2.05) is 28.0 Å². The Labute approximate surface area is 206 Å². The van der Waals surface area contributed by atoms with Gasteiger partial charge in [0, 0.05) is 43.7 Å². The number of piperidine rings is 1. The molecule has 2 aromatic rings. The van der Waals surface area contributed by atoms with Crippen LogP contribution in [-0.2, 0) is 16.0 Å². The molecular weight excluding hydrogens is 446 g/mol. The number of para-hydroxylation sites is 1. The molecule has 0 atom stereocenters. The molecule has 1 fully saturated rings. The van der Waals surface area contributed by atoms with Crippen LogP contribution in [0.25, 0.3) is 0 Å². The van der Waals surface area contributed by atoms with Gasteiger partial charge in [0.25, 0.3) is 5.91 Å². The summed E-state index contributed by atoms with van der Waals surface area (Å²) >= 11 is 0. The van der Waals surface area contributed by atoms with Crippen LogP contribution < -0.4 is 20.1 Å². The van der Waals surface area contributed by atoms with Crippen LogP contribution in [0.2, 0.25) is 0 Å². The number of carbonyl (C=O) groups is 3. The average molecular weight is 480 g/mol. The number of rotatable bonds is 9. The van der Waals surface area contributed by atoms with Crippen molar-refractivity contribution in [3.05, 3.63) is 53.6 Å². The molecule has 186 valence electrons. The first kappa shape index (κ1) is 24.6. The molecule has 35 heavy (non-hydrogen) atoms. The number of hydrogen-bond donors (Lipinski definition) is 1. The number of likely N-dealkylation sites (tertiary alicyclic amines) is 1. The number of unbranched alkanes of at least 4 members (excludes halogenated alkanes) is 1. The van der Waals surface area contributed by atoms with Crippen LogP contribution in [0, 0.1) is 0 Å². The quantitative estimate of drug-likeness (QED) is 0.556. The summed E-state index contributed by atoms with van der Waals surface area (Å²) in [6.45, 7) is 1.61. The molecule has 0 aliphatic carbocycles. The van der Waals surface area contributed by atoms with Crippen molar-refractivity contribution in [2.24, 2.45) is 5.73 Å². The highest BCUT2D eigenvalue weighted by Gasteiger charge is 2.34. The lowest BCUT2D eigenvalue weighted by molar-refractivity contribution is -0.120. The zero-order valence-corrected chi connectivity index (χ0v) is 20.2. The van der Waals surface area contributed by atoms with Crippen molar-refractivity contribution >= 4 is 23.4 Å². The topological polar surface area (TPSA) is 102 Å². The van der Waals surface area contributed by atoms with Gasteiger partial charge in [0.05, 0.1) is 19.3 Å². The van der Waals surface area contributed by atoms with E-state index in [2.05, 4.69) is 6.07 Å². The Morgan fingerprint density at radius 3 is 2.57 bits per heavy atom. The highest BCUT2D eigenvalue weighted by atomic mass is 16.5. The molecule has 1 saturated heterocycles. The van der Waals surface area contributed by atoms with Gasteiger partial charge in [-0.05, 0) is 55.9 Å². The first-order valence-corrected chi connectivity index (χ1v) is 12.3.